The van der Waals surface area contributed by atoms with Gasteiger partial charge in [0, 0.05) is 6.54 Å². The Bertz CT molecular complexity index is 411. The lowest BCUT2D eigenvalue weighted by Gasteiger charge is -2.27. The Hall–Kier alpha value is -1.35. The maximum Gasteiger partial charge on any atom is 0.227 e. The molecule has 0 aliphatic carbocycles. The van der Waals surface area contributed by atoms with Crippen LogP contribution in [-0.4, -0.2) is 12.5 Å². The van der Waals surface area contributed by atoms with E-state index in [1.807, 2.05) is 45.9 Å². The van der Waals surface area contributed by atoms with E-state index in [4.69, 9.17) is 5.73 Å². The molecule has 0 saturated heterocycles. The summed E-state index contributed by atoms with van der Waals surface area (Å²) in [5.74, 6) is 0.0292. The summed E-state index contributed by atoms with van der Waals surface area (Å²) >= 11 is 0. The third kappa shape index (κ3) is 3.33. The number of nitrogens with one attached hydrogen (secondary N) is 1. The Labute approximate surface area is 110 Å². The van der Waals surface area contributed by atoms with Gasteiger partial charge < -0.3 is 11.1 Å². The molecule has 1 rings (SSSR count). The lowest BCUT2D eigenvalue weighted by molar-refractivity contribution is -0.130. The highest BCUT2D eigenvalue weighted by Gasteiger charge is 2.30. The van der Waals surface area contributed by atoms with Crippen molar-refractivity contribution < 1.29 is 4.79 Å². The monoisotopic (exact) mass is 248 g/mol. The molecular weight excluding hydrogens is 224 g/mol. The van der Waals surface area contributed by atoms with Gasteiger partial charge in [-0.15, -0.1) is 0 Å². The first-order chi connectivity index (χ1) is 8.42. The molecule has 3 N–H and O–H groups in total. The number of benzene rings is 1. The van der Waals surface area contributed by atoms with E-state index in [1.54, 1.807) is 0 Å². The third-order valence-corrected chi connectivity index (χ3v) is 3.67. The number of aryl methyl sites for hydroxylation is 1. The van der Waals surface area contributed by atoms with E-state index in [1.165, 1.54) is 5.56 Å². The highest BCUT2D eigenvalue weighted by Crippen LogP contribution is 2.22. The highest BCUT2D eigenvalue weighted by molar-refractivity contribution is 5.82. The molecule has 0 aliphatic rings. The van der Waals surface area contributed by atoms with Gasteiger partial charge in [0.25, 0.3) is 0 Å². The van der Waals surface area contributed by atoms with Gasteiger partial charge in [-0.25, -0.2) is 0 Å². The number of hydrogen-bond acceptors (Lipinski definition) is 2. The first kappa shape index (κ1) is 14.7. The third-order valence-electron chi connectivity index (χ3n) is 3.67. The fourth-order valence-electron chi connectivity index (χ4n) is 1.79. The Morgan fingerprint density at radius 2 is 2.17 bits per heavy atom. The molecule has 0 bridgehead atoms. The lowest BCUT2D eigenvalue weighted by atomic mass is 9.86. The molecule has 0 saturated carbocycles. The second-order valence-electron chi connectivity index (χ2n) is 5.23. The molecule has 0 aromatic heterocycles. The van der Waals surface area contributed by atoms with E-state index in [0.29, 0.717) is 6.54 Å². The molecule has 1 aromatic rings. The standard InChI is InChI=1S/C15H24N2O/c1-5-15(4,10-16)14(18)17-12(3)13-8-6-7-11(2)9-13/h6-9,12H,5,10,16H2,1-4H3,(H,17,18)/t12-,15?/m0/s1. The fraction of sp³-hybridized carbons (Fsp3) is 0.533. The van der Waals surface area contributed by atoms with Crippen LogP contribution >= 0.6 is 0 Å². The average Bonchev–Trinajstić information content (AvgIpc) is 2.37. The van der Waals surface area contributed by atoms with Crippen LogP contribution in [-0.2, 0) is 4.79 Å². The van der Waals surface area contributed by atoms with Gasteiger partial charge in [-0.3, -0.25) is 4.79 Å². The molecule has 100 valence electrons. The van der Waals surface area contributed by atoms with Gasteiger partial charge in [0.1, 0.15) is 0 Å². The number of carbonyl (C=O) groups excluding carboxylic acids is 1. The Morgan fingerprint density at radius 3 is 2.67 bits per heavy atom. The van der Waals surface area contributed by atoms with Crippen molar-refractivity contribution in [3.05, 3.63) is 35.4 Å². The molecule has 0 fully saturated rings. The van der Waals surface area contributed by atoms with E-state index in [0.717, 1.165) is 12.0 Å². The van der Waals surface area contributed by atoms with Crippen LogP contribution < -0.4 is 11.1 Å². The van der Waals surface area contributed by atoms with Gasteiger partial charge in [0.2, 0.25) is 5.91 Å². The molecule has 18 heavy (non-hydrogen) atoms. The zero-order valence-corrected chi connectivity index (χ0v) is 11.8. The maximum absolute atomic E-state index is 12.2. The van der Waals surface area contributed by atoms with E-state index in [-0.39, 0.29) is 11.9 Å². The molecule has 0 spiro atoms. The Kier molecular flexibility index (Phi) is 4.91. The molecule has 2 atom stereocenters. The van der Waals surface area contributed by atoms with Gasteiger partial charge in [0.05, 0.1) is 11.5 Å². The van der Waals surface area contributed by atoms with E-state index >= 15 is 0 Å². The second kappa shape index (κ2) is 6.01. The normalized spacial score (nSPS) is 15.8. The number of nitrogens with two attached hydrogens (primary N) is 1. The average molecular weight is 248 g/mol. The minimum Gasteiger partial charge on any atom is -0.349 e. The molecule has 1 aromatic carbocycles. The largest absolute Gasteiger partial charge is 0.349 e. The summed E-state index contributed by atoms with van der Waals surface area (Å²) in [6, 6.07) is 8.19. The fourth-order valence-corrected chi connectivity index (χ4v) is 1.79. The Balaban J connectivity index is 2.76. The van der Waals surface area contributed by atoms with E-state index < -0.39 is 5.41 Å². The first-order valence-electron chi connectivity index (χ1n) is 6.50. The van der Waals surface area contributed by atoms with Crippen molar-refractivity contribution in [3.63, 3.8) is 0 Å². The SMILES string of the molecule is CCC(C)(CN)C(=O)N[C@@H](C)c1cccc(C)c1. The van der Waals surface area contributed by atoms with Crippen molar-refractivity contribution in [2.24, 2.45) is 11.1 Å². The van der Waals surface area contributed by atoms with Crippen LogP contribution in [0.1, 0.15) is 44.4 Å². The van der Waals surface area contributed by atoms with Gasteiger partial charge >= 0.3 is 0 Å². The summed E-state index contributed by atoms with van der Waals surface area (Å²) in [6.07, 6.45) is 0.746. The van der Waals surface area contributed by atoms with Crippen molar-refractivity contribution in [1.82, 2.24) is 5.32 Å². The van der Waals surface area contributed by atoms with Gasteiger partial charge in [-0.05, 0) is 32.8 Å². The zero-order chi connectivity index (χ0) is 13.8. The summed E-state index contributed by atoms with van der Waals surface area (Å²) in [4.78, 5) is 12.2. The van der Waals surface area contributed by atoms with Crippen molar-refractivity contribution in [1.29, 1.82) is 0 Å². The van der Waals surface area contributed by atoms with Crippen LogP contribution in [0.5, 0.6) is 0 Å². The highest BCUT2D eigenvalue weighted by atomic mass is 16.2. The van der Waals surface area contributed by atoms with Gasteiger partial charge in [-0.2, -0.15) is 0 Å². The van der Waals surface area contributed by atoms with Gasteiger partial charge in [-0.1, -0.05) is 36.8 Å². The summed E-state index contributed by atoms with van der Waals surface area (Å²) in [6.45, 7) is 8.32. The van der Waals surface area contributed by atoms with Crippen LogP contribution in [0, 0.1) is 12.3 Å². The van der Waals surface area contributed by atoms with Crippen LogP contribution in [0.15, 0.2) is 24.3 Å². The minimum atomic E-state index is -0.474. The maximum atomic E-state index is 12.2. The molecular formula is C15H24N2O. The van der Waals surface area contributed by atoms with Crippen molar-refractivity contribution in [2.75, 3.05) is 6.54 Å². The van der Waals surface area contributed by atoms with Crippen LogP contribution in [0.2, 0.25) is 0 Å². The smallest absolute Gasteiger partial charge is 0.227 e. The molecule has 3 nitrogen and oxygen atoms in total. The van der Waals surface area contributed by atoms with Crippen LogP contribution in [0.25, 0.3) is 0 Å². The number of rotatable bonds is 5. The quantitative estimate of drug-likeness (QED) is 0.841. The summed E-state index contributed by atoms with van der Waals surface area (Å²) < 4.78 is 0. The predicted octanol–water partition coefficient (Wildman–Crippen LogP) is 2.55. The topological polar surface area (TPSA) is 55.1 Å². The molecule has 0 heterocycles. The van der Waals surface area contributed by atoms with Crippen LogP contribution in [0.3, 0.4) is 0 Å². The van der Waals surface area contributed by atoms with Crippen molar-refractivity contribution >= 4 is 5.91 Å². The van der Waals surface area contributed by atoms with Crippen molar-refractivity contribution in [3.8, 4) is 0 Å². The zero-order valence-electron chi connectivity index (χ0n) is 11.8. The predicted molar refractivity (Wildman–Crippen MR) is 75.2 cm³/mol. The molecule has 1 amide bonds. The van der Waals surface area contributed by atoms with E-state index in [9.17, 15) is 4.79 Å². The second-order valence-corrected chi connectivity index (χ2v) is 5.23. The summed E-state index contributed by atoms with van der Waals surface area (Å²) in [5, 5.41) is 3.05. The number of amides is 1. The summed E-state index contributed by atoms with van der Waals surface area (Å²) in [5.41, 5.74) is 7.55. The molecule has 3 heteroatoms. The molecule has 0 radical (unpaired) electrons. The number of carbonyl (C=O) groups is 1. The van der Waals surface area contributed by atoms with E-state index in [2.05, 4.69) is 11.4 Å². The van der Waals surface area contributed by atoms with Crippen molar-refractivity contribution in [2.45, 2.75) is 40.2 Å². The summed E-state index contributed by atoms with van der Waals surface area (Å²) in [7, 11) is 0. The molecule has 1 unspecified atom stereocenters. The molecule has 0 aliphatic heterocycles. The van der Waals surface area contributed by atoms with Crippen LogP contribution in [0.4, 0.5) is 0 Å². The Morgan fingerprint density at radius 1 is 1.50 bits per heavy atom. The number of hydrogen-bond donors (Lipinski definition) is 2. The van der Waals surface area contributed by atoms with Gasteiger partial charge in [0.15, 0.2) is 0 Å². The lowest BCUT2D eigenvalue weighted by Crippen LogP contribution is -2.44. The minimum absolute atomic E-state index is 0.00910. The first-order valence-corrected chi connectivity index (χ1v) is 6.50.